The molecule has 0 saturated heterocycles. The Bertz CT molecular complexity index is 660. The highest BCUT2D eigenvalue weighted by Crippen LogP contribution is 2.26. The summed E-state index contributed by atoms with van der Waals surface area (Å²) in [7, 11) is 0. The maximum Gasteiger partial charge on any atom is 0.323 e. The number of aliphatic hydroxyl groups excluding tert-OH is 1. The number of benzene rings is 2. The third-order valence-corrected chi connectivity index (χ3v) is 3.99. The van der Waals surface area contributed by atoms with Gasteiger partial charge in [-0.05, 0) is 58.7 Å². The van der Waals surface area contributed by atoms with Crippen molar-refractivity contribution in [2.45, 2.75) is 13.0 Å². The van der Waals surface area contributed by atoms with Gasteiger partial charge in [0.05, 0.1) is 11.8 Å². The van der Waals surface area contributed by atoms with Crippen molar-refractivity contribution in [3.8, 4) is 0 Å². The van der Waals surface area contributed by atoms with Crippen LogP contribution in [0.2, 0.25) is 0 Å². The molecule has 0 spiro atoms. The van der Waals surface area contributed by atoms with Crippen molar-refractivity contribution in [1.29, 1.82) is 0 Å². The van der Waals surface area contributed by atoms with Gasteiger partial charge in [-0.15, -0.1) is 0 Å². The van der Waals surface area contributed by atoms with Crippen molar-refractivity contribution in [3.63, 3.8) is 0 Å². The van der Waals surface area contributed by atoms with Crippen molar-refractivity contribution in [3.05, 3.63) is 57.0 Å². The summed E-state index contributed by atoms with van der Waals surface area (Å²) in [6.07, 6.45) is -0.575. The summed E-state index contributed by atoms with van der Waals surface area (Å²) in [5, 5.41) is 15.0. The van der Waals surface area contributed by atoms with Crippen LogP contribution in [-0.2, 0) is 0 Å². The standard InChI is InChI=1S/C15H14Br2N2O2/c1-9(20)10-3-2-4-12(7-10)18-15(21)19-14-8-11(16)5-6-13(14)17/h2-9,20H,1H3,(H2,18,19,21). The normalized spacial score (nSPS) is 11.8. The molecule has 110 valence electrons. The van der Waals surface area contributed by atoms with Crippen LogP contribution < -0.4 is 10.6 Å². The number of amides is 2. The first-order valence-corrected chi connectivity index (χ1v) is 7.85. The first kappa shape index (κ1) is 16.0. The van der Waals surface area contributed by atoms with E-state index in [4.69, 9.17) is 0 Å². The second-order valence-electron chi connectivity index (χ2n) is 4.50. The minimum Gasteiger partial charge on any atom is -0.389 e. The van der Waals surface area contributed by atoms with Gasteiger partial charge in [0, 0.05) is 14.6 Å². The molecule has 2 aromatic carbocycles. The first-order valence-electron chi connectivity index (χ1n) is 6.27. The summed E-state index contributed by atoms with van der Waals surface area (Å²) in [6, 6.07) is 12.3. The lowest BCUT2D eigenvalue weighted by Gasteiger charge is -2.11. The lowest BCUT2D eigenvalue weighted by Crippen LogP contribution is -2.19. The van der Waals surface area contributed by atoms with Crippen LogP contribution in [0.4, 0.5) is 16.2 Å². The third kappa shape index (κ3) is 4.56. The van der Waals surface area contributed by atoms with Gasteiger partial charge in [0.2, 0.25) is 0 Å². The van der Waals surface area contributed by atoms with Crippen LogP contribution in [0.1, 0.15) is 18.6 Å². The zero-order chi connectivity index (χ0) is 15.4. The Labute approximate surface area is 139 Å². The van der Waals surface area contributed by atoms with Crippen LogP contribution in [0.3, 0.4) is 0 Å². The summed E-state index contributed by atoms with van der Waals surface area (Å²) in [4.78, 5) is 12.0. The average molecular weight is 414 g/mol. The number of rotatable bonds is 3. The van der Waals surface area contributed by atoms with Gasteiger partial charge >= 0.3 is 6.03 Å². The second kappa shape index (κ2) is 7.06. The van der Waals surface area contributed by atoms with Crippen LogP contribution in [0.25, 0.3) is 0 Å². The predicted molar refractivity (Wildman–Crippen MR) is 91.6 cm³/mol. The van der Waals surface area contributed by atoms with Gasteiger partial charge in [-0.1, -0.05) is 28.1 Å². The highest BCUT2D eigenvalue weighted by atomic mass is 79.9. The quantitative estimate of drug-likeness (QED) is 0.669. The number of carbonyl (C=O) groups is 1. The molecule has 0 heterocycles. The Morgan fingerprint density at radius 2 is 1.90 bits per heavy atom. The van der Waals surface area contributed by atoms with E-state index in [1.807, 2.05) is 12.1 Å². The predicted octanol–water partition coefficient (Wildman–Crippen LogP) is 4.91. The van der Waals surface area contributed by atoms with Gasteiger partial charge in [0.15, 0.2) is 0 Å². The van der Waals surface area contributed by atoms with Crippen molar-refractivity contribution >= 4 is 49.3 Å². The minimum absolute atomic E-state index is 0.350. The number of urea groups is 1. The second-order valence-corrected chi connectivity index (χ2v) is 6.27. The zero-order valence-electron chi connectivity index (χ0n) is 11.2. The molecule has 1 atom stereocenters. The first-order chi connectivity index (χ1) is 9.95. The molecule has 2 aromatic rings. The van der Waals surface area contributed by atoms with E-state index in [9.17, 15) is 9.90 Å². The topological polar surface area (TPSA) is 61.4 Å². The number of halogens is 2. The van der Waals surface area contributed by atoms with E-state index >= 15 is 0 Å². The SMILES string of the molecule is CC(O)c1cccc(NC(=O)Nc2cc(Br)ccc2Br)c1. The fourth-order valence-electron chi connectivity index (χ4n) is 1.75. The van der Waals surface area contributed by atoms with E-state index < -0.39 is 6.10 Å². The summed E-state index contributed by atoms with van der Waals surface area (Å²) in [5.74, 6) is 0. The van der Waals surface area contributed by atoms with Crippen molar-refractivity contribution in [1.82, 2.24) is 0 Å². The summed E-state index contributed by atoms with van der Waals surface area (Å²) < 4.78 is 1.66. The molecule has 0 fully saturated rings. The Kier molecular flexibility index (Phi) is 5.39. The van der Waals surface area contributed by atoms with Crippen molar-refractivity contribution in [2.75, 3.05) is 10.6 Å². The number of carbonyl (C=O) groups excluding carboxylic acids is 1. The van der Waals surface area contributed by atoms with E-state index in [1.165, 1.54) is 0 Å². The number of hydrogen-bond donors (Lipinski definition) is 3. The molecule has 2 rings (SSSR count). The van der Waals surface area contributed by atoms with Gasteiger partial charge in [-0.25, -0.2) is 4.79 Å². The molecule has 0 bridgehead atoms. The van der Waals surface area contributed by atoms with Crippen LogP contribution >= 0.6 is 31.9 Å². The molecule has 2 amide bonds. The molecule has 0 aliphatic carbocycles. The maximum atomic E-state index is 12.0. The molecule has 21 heavy (non-hydrogen) atoms. The lowest BCUT2D eigenvalue weighted by atomic mass is 10.1. The van der Waals surface area contributed by atoms with Gasteiger partial charge in [-0.2, -0.15) is 0 Å². The lowest BCUT2D eigenvalue weighted by molar-refractivity contribution is 0.199. The smallest absolute Gasteiger partial charge is 0.323 e. The molecule has 3 N–H and O–H groups in total. The fraction of sp³-hybridized carbons (Fsp3) is 0.133. The zero-order valence-corrected chi connectivity index (χ0v) is 14.4. The Hall–Kier alpha value is -1.37. The molecular formula is C15H14Br2N2O2. The van der Waals surface area contributed by atoms with Gasteiger partial charge in [-0.3, -0.25) is 0 Å². The molecular weight excluding hydrogens is 400 g/mol. The van der Waals surface area contributed by atoms with E-state index in [0.29, 0.717) is 11.4 Å². The highest BCUT2D eigenvalue weighted by molar-refractivity contribution is 9.11. The van der Waals surface area contributed by atoms with Crippen LogP contribution in [0.5, 0.6) is 0 Å². The Morgan fingerprint density at radius 1 is 1.14 bits per heavy atom. The van der Waals surface area contributed by atoms with E-state index in [2.05, 4.69) is 42.5 Å². The molecule has 4 nitrogen and oxygen atoms in total. The number of nitrogens with one attached hydrogen (secondary N) is 2. The number of aliphatic hydroxyl groups is 1. The third-order valence-electron chi connectivity index (χ3n) is 2.80. The molecule has 0 aromatic heterocycles. The molecule has 0 saturated carbocycles. The Morgan fingerprint density at radius 3 is 2.62 bits per heavy atom. The van der Waals surface area contributed by atoms with Crippen LogP contribution in [-0.4, -0.2) is 11.1 Å². The summed E-state index contributed by atoms with van der Waals surface area (Å²) >= 11 is 6.74. The van der Waals surface area contributed by atoms with E-state index in [1.54, 1.807) is 37.3 Å². The Balaban J connectivity index is 2.08. The molecule has 0 aliphatic rings. The minimum atomic E-state index is -0.575. The highest BCUT2D eigenvalue weighted by Gasteiger charge is 2.08. The van der Waals surface area contributed by atoms with E-state index in [0.717, 1.165) is 14.5 Å². The molecule has 0 radical (unpaired) electrons. The molecule has 1 unspecified atom stereocenters. The summed E-state index contributed by atoms with van der Waals surface area (Å²) in [5.41, 5.74) is 2.03. The van der Waals surface area contributed by atoms with Crippen LogP contribution in [0, 0.1) is 0 Å². The number of hydrogen-bond acceptors (Lipinski definition) is 2. The van der Waals surface area contributed by atoms with Gasteiger partial charge in [0.1, 0.15) is 0 Å². The van der Waals surface area contributed by atoms with E-state index in [-0.39, 0.29) is 6.03 Å². The van der Waals surface area contributed by atoms with Gasteiger partial charge in [0.25, 0.3) is 0 Å². The van der Waals surface area contributed by atoms with Crippen LogP contribution in [0.15, 0.2) is 51.4 Å². The molecule has 6 heteroatoms. The molecule has 0 aliphatic heterocycles. The summed E-state index contributed by atoms with van der Waals surface area (Å²) in [6.45, 7) is 1.68. The van der Waals surface area contributed by atoms with Gasteiger partial charge < -0.3 is 15.7 Å². The maximum absolute atomic E-state index is 12.0. The number of anilines is 2. The average Bonchev–Trinajstić information content (AvgIpc) is 2.43. The largest absolute Gasteiger partial charge is 0.389 e. The van der Waals surface area contributed by atoms with Crippen molar-refractivity contribution in [2.24, 2.45) is 0 Å². The fourth-order valence-corrected chi connectivity index (χ4v) is 2.46. The van der Waals surface area contributed by atoms with Crippen molar-refractivity contribution < 1.29 is 9.90 Å². The monoisotopic (exact) mass is 412 g/mol.